The summed E-state index contributed by atoms with van der Waals surface area (Å²) in [6, 6.07) is 5.44. The van der Waals surface area contributed by atoms with Gasteiger partial charge >= 0.3 is 0 Å². The zero-order chi connectivity index (χ0) is 13.8. The van der Waals surface area contributed by atoms with Crippen LogP contribution in [0.3, 0.4) is 0 Å². The van der Waals surface area contributed by atoms with Gasteiger partial charge in [-0.15, -0.1) is 0 Å². The summed E-state index contributed by atoms with van der Waals surface area (Å²) in [4.78, 5) is 0.104. The van der Waals surface area contributed by atoms with Crippen LogP contribution in [0.2, 0.25) is 0 Å². The van der Waals surface area contributed by atoms with E-state index in [1.807, 2.05) is 6.07 Å². The van der Waals surface area contributed by atoms with Gasteiger partial charge in [0.1, 0.15) is 10.8 Å². The highest BCUT2D eigenvalue weighted by molar-refractivity contribution is 7.80. The van der Waals surface area contributed by atoms with Crippen molar-refractivity contribution < 1.29 is 4.39 Å². The third-order valence-electron chi connectivity index (χ3n) is 3.86. The van der Waals surface area contributed by atoms with E-state index >= 15 is 0 Å². The highest BCUT2D eigenvalue weighted by Crippen LogP contribution is 2.25. The molecule has 1 aromatic rings. The first-order valence-corrected chi connectivity index (χ1v) is 7.33. The Hall–Kier alpha value is -1.16. The highest BCUT2D eigenvalue weighted by atomic mass is 32.1. The first-order chi connectivity index (χ1) is 9.06. The van der Waals surface area contributed by atoms with E-state index in [9.17, 15) is 4.39 Å². The van der Waals surface area contributed by atoms with Gasteiger partial charge < -0.3 is 11.1 Å². The Morgan fingerprint density at radius 2 is 2.11 bits per heavy atom. The molecule has 1 fully saturated rings. The van der Waals surface area contributed by atoms with Crippen LogP contribution < -0.4 is 11.1 Å². The molecule has 19 heavy (non-hydrogen) atoms. The van der Waals surface area contributed by atoms with Crippen LogP contribution in [0.15, 0.2) is 18.2 Å². The van der Waals surface area contributed by atoms with Crippen LogP contribution in [0.1, 0.15) is 44.6 Å². The summed E-state index contributed by atoms with van der Waals surface area (Å²) in [6.45, 7) is 2.30. The maximum atomic E-state index is 13.8. The van der Waals surface area contributed by atoms with Crippen molar-refractivity contribution in [2.24, 2.45) is 11.7 Å². The number of thiocarbonyl (C=S) groups is 1. The van der Waals surface area contributed by atoms with Gasteiger partial charge in [-0.2, -0.15) is 0 Å². The van der Waals surface area contributed by atoms with E-state index in [2.05, 4.69) is 12.2 Å². The molecule has 0 aliphatic heterocycles. The Kier molecular flexibility index (Phi) is 4.75. The fraction of sp³-hybridized carbons (Fsp3) is 0.533. The van der Waals surface area contributed by atoms with Crippen LogP contribution in [-0.4, -0.2) is 11.0 Å². The molecule has 0 radical (unpaired) electrons. The zero-order valence-corrected chi connectivity index (χ0v) is 12.1. The van der Waals surface area contributed by atoms with Crippen LogP contribution in [0.5, 0.6) is 0 Å². The molecule has 2 atom stereocenters. The molecule has 0 spiro atoms. The minimum absolute atomic E-state index is 0.104. The van der Waals surface area contributed by atoms with Crippen molar-refractivity contribution in [3.8, 4) is 0 Å². The van der Waals surface area contributed by atoms with E-state index < -0.39 is 0 Å². The summed E-state index contributed by atoms with van der Waals surface area (Å²) < 4.78 is 13.8. The summed E-state index contributed by atoms with van der Waals surface area (Å²) in [5.41, 5.74) is 6.59. The molecule has 1 aliphatic carbocycles. The van der Waals surface area contributed by atoms with Crippen molar-refractivity contribution in [2.75, 3.05) is 5.32 Å². The molecular weight excluding hydrogens is 259 g/mol. The van der Waals surface area contributed by atoms with Crippen LogP contribution in [0, 0.1) is 11.7 Å². The van der Waals surface area contributed by atoms with E-state index in [1.165, 1.54) is 25.3 Å². The number of rotatable bonds is 3. The van der Waals surface area contributed by atoms with Crippen molar-refractivity contribution in [1.29, 1.82) is 0 Å². The summed E-state index contributed by atoms with van der Waals surface area (Å²) in [7, 11) is 0. The smallest absolute Gasteiger partial charge is 0.135 e. The second-order valence-electron chi connectivity index (χ2n) is 5.51. The van der Waals surface area contributed by atoms with Crippen molar-refractivity contribution in [2.45, 2.75) is 45.1 Å². The lowest BCUT2D eigenvalue weighted by molar-refractivity contribution is 0.502. The average Bonchev–Trinajstić information content (AvgIpc) is 2.54. The van der Waals surface area contributed by atoms with Gasteiger partial charge in [0, 0.05) is 17.3 Å². The predicted octanol–water partition coefficient (Wildman–Crippen LogP) is 3.84. The molecule has 2 unspecified atom stereocenters. The molecule has 104 valence electrons. The quantitative estimate of drug-likeness (QED) is 0.652. The second kappa shape index (κ2) is 6.33. The largest absolute Gasteiger partial charge is 0.389 e. The van der Waals surface area contributed by atoms with Gasteiger partial charge in [-0.25, -0.2) is 4.39 Å². The normalized spacial score (nSPS) is 23.7. The molecule has 4 heteroatoms. The van der Waals surface area contributed by atoms with Crippen LogP contribution in [0.4, 0.5) is 10.1 Å². The number of benzene rings is 1. The standard InChI is InChI=1S/C15H21FN2S/c1-10-3-2-4-11(6-5-10)18-12-7-8-13(15(17)19)14(16)9-12/h7-11,18H,2-6H2,1H3,(H2,17,19). The lowest BCUT2D eigenvalue weighted by Crippen LogP contribution is -2.19. The molecule has 2 rings (SSSR count). The number of anilines is 1. The van der Waals surface area contributed by atoms with Gasteiger partial charge in [0.25, 0.3) is 0 Å². The SMILES string of the molecule is CC1CCCC(Nc2ccc(C(N)=S)c(F)c2)CC1. The molecule has 0 amide bonds. The maximum absolute atomic E-state index is 13.8. The number of nitrogens with one attached hydrogen (secondary N) is 1. The summed E-state index contributed by atoms with van der Waals surface area (Å²) >= 11 is 4.80. The number of hydrogen-bond acceptors (Lipinski definition) is 2. The molecule has 0 saturated heterocycles. The Bertz CT molecular complexity index is 461. The molecular formula is C15H21FN2S. The minimum atomic E-state index is -0.348. The Balaban J connectivity index is 2.03. The molecule has 0 bridgehead atoms. The number of halogens is 1. The molecule has 0 aromatic heterocycles. The van der Waals surface area contributed by atoms with Gasteiger partial charge in [-0.3, -0.25) is 0 Å². The summed E-state index contributed by atoms with van der Waals surface area (Å²) in [5, 5.41) is 3.42. The Morgan fingerprint density at radius 3 is 2.79 bits per heavy atom. The maximum Gasteiger partial charge on any atom is 0.135 e. The molecule has 2 nitrogen and oxygen atoms in total. The highest BCUT2D eigenvalue weighted by Gasteiger charge is 2.16. The lowest BCUT2D eigenvalue weighted by Gasteiger charge is -2.18. The monoisotopic (exact) mass is 280 g/mol. The summed E-state index contributed by atoms with van der Waals surface area (Å²) in [5.74, 6) is 0.458. The Morgan fingerprint density at radius 1 is 1.32 bits per heavy atom. The number of nitrogens with two attached hydrogens (primary N) is 1. The molecule has 0 heterocycles. The van der Waals surface area contributed by atoms with E-state index in [-0.39, 0.29) is 10.8 Å². The van der Waals surface area contributed by atoms with E-state index in [1.54, 1.807) is 6.07 Å². The average molecular weight is 280 g/mol. The van der Waals surface area contributed by atoms with Crippen molar-refractivity contribution in [3.05, 3.63) is 29.6 Å². The molecule has 1 aromatic carbocycles. The lowest BCUT2D eigenvalue weighted by atomic mass is 10.0. The van der Waals surface area contributed by atoms with Crippen LogP contribution in [0.25, 0.3) is 0 Å². The third-order valence-corrected chi connectivity index (χ3v) is 4.08. The number of hydrogen-bond donors (Lipinski definition) is 2. The van der Waals surface area contributed by atoms with E-state index in [4.69, 9.17) is 18.0 Å². The molecule has 3 N–H and O–H groups in total. The van der Waals surface area contributed by atoms with Crippen LogP contribution >= 0.6 is 12.2 Å². The van der Waals surface area contributed by atoms with Crippen molar-refractivity contribution in [3.63, 3.8) is 0 Å². The minimum Gasteiger partial charge on any atom is -0.389 e. The van der Waals surface area contributed by atoms with Crippen LogP contribution in [-0.2, 0) is 0 Å². The second-order valence-corrected chi connectivity index (χ2v) is 5.95. The van der Waals surface area contributed by atoms with Gasteiger partial charge in [0.15, 0.2) is 0 Å². The van der Waals surface area contributed by atoms with E-state index in [0.717, 1.165) is 24.4 Å². The zero-order valence-electron chi connectivity index (χ0n) is 11.3. The van der Waals surface area contributed by atoms with Gasteiger partial charge in [-0.05, 0) is 43.4 Å². The molecule has 1 aliphatic rings. The van der Waals surface area contributed by atoms with Gasteiger partial charge in [0.05, 0.1) is 0 Å². The predicted molar refractivity (Wildman–Crippen MR) is 81.9 cm³/mol. The van der Waals surface area contributed by atoms with E-state index in [0.29, 0.717) is 11.6 Å². The van der Waals surface area contributed by atoms with Gasteiger partial charge in [0.2, 0.25) is 0 Å². The fourth-order valence-corrected chi connectivity index (χ4v) is 2.84. The van der Waals surface area contributed by atoms with Crippen molar-refractivity contribution in [1.82, 2.24) is 0 Å². The summed E-state index contributed by atoms with van der Waals surface area (Å²) in [6.07, 6.45) is 6.09. The fourth-order valence-electron chi connectivity index (χ4n) is 2.67. The third kappa shape index (κ3) is 3.90. The topological polar surface area (TPSA) is 38.0 Å². The van der Waals surface area contributed by atoms with Gasteiger partial charge in [-0.1, -0.05) is 32.0 Å². The molecule has 1 saturated carbocycles. The first-order valence-electron chi connectivity index (χ1n) is 6.92. The first kappa shape index (κ1) is 14.3. The van der Waals surface area contributed by atoms with Crippen molar-refractivity contribution >= 4 is 22.9 Å². The Labute approximate surface area is 119 Å².